The standard InChI is InChI=1S/C18H20N2O3/c1-4-5-14-6-7-15(16(11-14)22-3)23-12-18(21)20-17-10-13(2)8-9-19-17/h4,6-11H,1,5,12H2,2-3H3,(H,19,20,21). The Labute approximate surface area is 136 Å². The van der Waals surface area contributed by atoms with Gasteiger partial charge in [-0.25, -0.2) is 4.98 Å². The first-order chi connectivity index (χ1) is 11.1. The highest BCUT2D eigenvalue weighted by atomic mass is 16.5. The van der Waals surface area contributed by atoms with Crippen LogP contribution in [0.15, 0.2) is 49.2 Å². The number of carbonyl (C=O) groups excluding carboxylic acids is 1. The highest BCUT2D eigenvalue weighted by Crippen LogP contribution is 2.28. The number of nitrogens with one attached hydrogen (secondary N) is 1. The van der Waals surface area contributed by atoms with Crippen molar-refractivity contribution in [2.45, 2.75) is 13.3 Å². The van der Waals surface area contributed by atoms with Gasteiger partial charge in [0.1, 0.15) is 5.82 Å². The monoisotopic (exact) mass is 312 g/mol. The molecule has 2 rings (SSSR count). The van der Waals surface area contributed by atoms with Crippen molar-refractivity contribution in [3.8, 4) is 11.5 Å². The topological polar surface area (TPSA) is 60.5 Å². The molecule has 0 aliphatic rings. The van der Waals surface area contributed by atoms with Crippen LogP contribution in [0.1, 0.15) is 11.1 Å². The Balaban J connectivity index is 1.97. The molecule has 5 heteroatoms. The van der Waals surface area contributed by atoms with Gasteiger partial charge in [0.2, 0.25) is 0 Å². The largest absolute Gasteiger partial charge is 0.493 e. The van der Waals surface area contributed by atoms with Gasteiger partial charge < -0.3 is 14.8 Å². The molecule has 0 saturated heterocycles. The molecule has 0 spiro atoms. The van der Waals surface area contributed by atoms with Crippen LogP contribution >= 0.6 is 0 Å². The van der Waals surface area contributed by atoms with Crippen molar-refractivity contribution >= 4 is 11.7 Å². The quantitative estimate of drug-likeness (QED) is 0.798. The Hall–Kier alpha value is -2.82. The molecule has 0 aliphatic carbocycles. The Bertz CT molecular complexity index is 698. The minimum atomic E-state index is -0.277. The lowest BCUT2D eigenvalue weighted by atomic mass is 10.1. The minimum absolute atomic E-state index is 0.118. The number of rotatable bonds is 7. The molecule has 23 heavy (non-hydrogen) atoms. The van der Waals surface area contributed by atoms with Crippen LogP contribution in [-0.2, 0) is 11.2 Å². The summed E-state index contributed by atoms with van der Waals surface area (Å²) in [6.07, 6.45) is 4.21. The Morgan fingerprint density at radius 1 is 1.30 bits per heavy atom. The third kappa shape index (κ3) is 4.85. The maximum absolute atomic E-state index is 11.9. The van der Waals surface area contributed by atoms with Crippen LogP contribution in [-0.4, -0.2) is 24.6 Å². The number of anilines is 1. The van der Waals surface area contributed by atoms with Crippen LogP contribution in [0.4, 0.5) is 5.82 Å². The predicted octanol–water partition coefficient (Wildman–Crippen LogP) is 3.14. The third-order valence-electron chi connectivity index (χ3n) is 3.15. The molecule has 1 heterocycles. The SMILES string of the molecule is C=CCc1ccc(OCC(=O)Nc2cc(C)ccn2)c(OC)c1. The van der Waals surface area contributed by atoms with Crippen molar-refractivity contribution in [1.29, 1.82) is 0 Å². The molecule has 0 aliphatic heterocycles. The summed E-state index contributed by atoms with van der Waals surface area (Å²) < 4.78 is 10.8. The fourth-order valence-electron chi connectivity index (χ4n) is 2.05. The number of ether oxygens (including phenoxy) is 2. The van der Waals surface area contributed by atoms with Crippen LogP contribution < -0.4 is 14.8 Å². The molecule has 0 unspecified atom stereocenters. The average Bonchev–Trinajstić information content (AvgIpc) is 2.54. The number of hydrogen-bond donors (Lipinski definition) is 1. The average molecular weight is 312 g/mol. The van der Waals surface area contributed by atoms with E-state index >= 15 is 0 Å². The second-order valence-electron chi connectivity index (χ2n) is 5.03. The zero-order valence-electron chi connectivity index (χ0n) is 13.3. The van der Waals surface area contributed by atoms with Gasteiger partial charge in [-0.2, -0.15) is 0 Å². The zero-order chi connectivity index (χ0) is 16.7. The van der Waals surface area contributed by atoms with Crippen LogP contribution in [0.25, 0.3) is 0 Å². The Kier molecular flexibility index (Phi) is 5.74. The summed E-state index contributed by atoms with van der Waals surface area (Å²) in [4.78, 5) is 16.0. The van der Waals surface area contributed by atoms with E-state index in [1.165, 1.54) is 0 Å². The van der Waals surface area contributed by atoms with E-state index in [4.69, 9.17) is 9.47 Å². The molecule has 0 atom stereocenters. The molecule has 1 aromatic carbocycles. The molecule has 1 N–H and O–H groups in total. The minimum Gasteiger partial charge on any atom is -0.493 e. The molecular formula is C18H20N2O3. The summed E-state index contributed by atoms with van der Waals surface area (Å²) in [5, 5.41) is 2.69. The van der Waals surface area contributed by atoms with Crippen LogP contribution in [0.3, 0.4) is 0 Å². The number of hydrogen-bond acceptors (Lipinski definition) is 4. The van der Waals surface area contributed by atoms with Crippen molar-refractivity contribution in [2.75, 3.05) is 19.0 Å². The molecule has 5 nitrogen and oxygen atoms in total. The highest BCUT2D eigenvalue weighted by molar-refractivity contribution is 5.91. The number of aryl methyl sites for hydroxylation is 1. The number of allylic oxidation sites excluding steroid dienone is 1. The van der Waals surface area contributed by atoms with Gasteiger partial charge in [-0.3, -0.25) is 4.79 Å². The molecule has 120 valence electrons. The van der Waals surface area contributed by atoms with E-state index in [0.717, 1.165) is 17.5 Å². The zero-order valence-corrected chi connectivity index (χ0v) is 13.3. The normalized spacial score (nSPS) is 10.0. The van der Waals surface area contributed by atoms with Crippen molar-refractivity contribution in [3.63, 3.8) is 0 Å². The summed E-state index contributed by atoms with van der Waals surface area (Å²) >= 11 is 0. The number of carbonyl (C=O) groups is 1. The van der Waals surface area contributed by atoms with Crippen molar-refractivity contribution in [3.05, 3.63) is 60.3 Å². The number of amides is 1. The lowest BCUT2D eigenvalue weighted by molar-refractivity contribution is -0.118. The predicted molar refractivity (Wildman–Crippen MR) is 90.0 cm³/mol. The van der Waals surface area contributed by atoms with Crippen LogP contribution in [0, 0.1) is 6.92 Å². The molecular weight excluding hydrogens is 292 g/mol. The number of aromatic nitrogens is 1. The molecule has 0 saturated carbocycles. The summed E-state index contributed by atoms with van der Waals surface area (Å²) in [7, 11) is 1.57. The van der Waals surface area contributed by atoms with Gasteiger partial charge in [-0.05, 0) is 48.7 Å². The molecule has 1 aromatic heterocycles. The van der Waals surface area contributed by atoms with E-state index in [2.05, 4.69) is 16.9 Å². The maximum Gasteiger partial charge on any atom is 0.263 e. The summed E-state index contributed by atoms with van der Waals surface area (Å²) in [6.45, 7) is 5.52. The number of nitrogens with zero attached hydrogens (tertiary/aromatic N) is 1. The van der Waals surface area contributed by atoms with E-state index in [9.17, 15) is 4.79 Å². The Morgan fingerprint density at radius 3 is 2.83 bits per heavy atom. The number of pyridine rings is 1. The van der Waals surface area contributed by atoms with E-state index in [-0.39, 0.29) is 12.5 Å². The number of benzene rings is 1. The van der Waals surface area contributed by atoms with Gasteiger partial charge in [-0.15, -0.1) is 6.58 Å². The first-order valence-electron chi connectivity index (χ1n) is 7.25. The highest BCUT2D eigenvalue weighted by Gasteiger charge is 2.09. The first kappa shape index (κ1) is 16.5. The fourth-order valence-corrected chi connectivity index (χ4v) is 2.05. The van der Waals surface area contributed by atoms with Crippen LogP contribution in [0.5, 0.6) is 11.5 Å². The summed E-state index contributed by atoms with van der Waals surface area (Å²) in [5.41, 5.74) is 2.09. The van der Waals surface area contributed by atoms with Gasteiger partial charge in [0, 0.05) is 6.20 Å². The van der Waals surface area contributed by atoms with Gasteiger partial charge in [0.15, 0.2) is 18.1 Å². The van der Waals surface area contributed by atoms with Gasteiger partial charge in [0.25, 0.3) is 5.91 Å². The molecule has 1 amide bonds. The van der Waals surface area contributed by atoms with Gasteiger partial charge in [0.05, 0.1) is 7.11 Å². The third-order valence-corrected chi connectivity index (χ3v) is 3.15. The molecule has 0 radical (unpaired) electrons. The lowest BCUT2D eigenvalue weighted by Gasteiger charge is -2.12. The van der Waals surface area contributed by atoms with Crippen LogP contribution in [0.2, 0.25) is 0 Å². The fraction of sp³-hybridized carbons (Fsp3) is 0.222. The van der Waals surface area contributed by atoms with Crippen molar-refractivity contribution < 1.29 is 14.3 Å². The van der Waals surface area contributed by atoms with E-state index in [0.29, 0.717) is 17.3 Å². The summed E-state index contributed by atoms with van der Waals surface area (Å²) in [5.74, 6) is 1.34. The summed E-state index contributed by atoms with van der Waals surface area (Å²) in [6, 6.07) is 9.23. The van der Waals surface area contributed by atoms with E-state index in [1.54, 1.807) is 25.4 Å². The second kappa shape index (κ2) is 7.98. The van der Waals surface area contributed by atoms with Crippen molar-refractivity contribution in [1.82, 2.24) is 4.98 Å². The smallest absolute Gasteiger partial charge is 0.263 e. The van der Waals surface area contributed by atoms with Gasteiger partial charge in [-0.1, -0.05) is 12.1 Å². The lowest BCUT2D eigenvalue weighted by Crippen LogP contribution is -2.21. The first-order valence-corrected chi connectivity index (χ1v) is 7.25. The Morgan fingerprint density at radius 2 is 2.13 bits per heavy atom. The second-order valence-corrected chi connectivity index (χ2v) is 5.03. The van der Waals surface area contributed by atoms with Gasteiger partial charge >= 0.3 is 0 Å². The maximum atomic E-state index is 11.9. The van der Waals surface area contributed by atoms with Crippen molar-refractivity contribution in [2.24, 2.45) is 0 Å². The van der Waals surface area contributed by atoms with E-state index in [1.807, 2.05) is 31.2 Å². The number of methoxy groups -OCH3 is 1. The molecule has 0 bridgehead atoms. The molecule has 2 aromatic rings. The van der Waals surface area contributed by atoms with E-state index < -0.39 is 0 Å². The molecule has 0 fully saturated rings.